The molecule has 0 bridgehead atoms. The van der Waals surface area contributed by atoms with Crippen molar-refractivity contribution in [1.82, 2.24) is 0 Å². The Morgan fingerprint density at radius 3 is 2.47 bits per heavy atom. The highest BCUT2D eigenvalue weighted by molar-refractivity contribution is 6.18. The minimum absolute atomic E-state index is 0.182. The van der Waals surface area contributed by atoms with Gasteiger partial charge in [0.1, 0.15) is 5.82 Å². The second kappa shape index (κ2) is 6.21. The van der Waals surface area contributed by atoms with Crippen LogP contribution in [0.3, 0.4) is 0 Å². The summed E-state index contributed by atoms with van der Waals surface area (Å²) >= 11 is 6.12. The largest absolute Gasteiger partial charge is 0.207 e. The van der Waals surface area contributed by atoms with E-state index in [4.69, 9.17) is 11.6 Å². The van der Waals surface area contributed by atoms with Crippen LogP contribution in [0.25, 0.3) is 0 Å². The Labute approximate surface area is 119 Å². The van der Waals surface area contributed by atoms with Crippen molar-refractivity contribution in [2.24, 2.45) is 0 Å². The molecule has 2 heteroatoms. The molecule has 0 aliphatic heterocycles. The third-order valence-electron chi connectivity index (χ3n) is 3.59. The van der Waals surface area contributed by atoms with Crippen molar-refractivity contribution in [3.8, 4) is 0 Å². The predicted octanol–water partition coefficient (Wildman–Crippen LogP) is 5.01. The van der Waals surface area contributed by atoms with Crippen LogP contribution in [-0.4, -0.2) is 5.88 Å². The van der Waals surface area contributed by atoms with E-state index in [1.165, 1.54) is 17.2 Å². The van der Waals surface area contributed by atoms with E-state index < -0.39 is 0 Å². The van der Waals surface area contributed by atoms with Crippen LogP contribution in [0.5, 0.6) is 0 Å². The molecule has 0 aromatic heterocycles. The van der Waals surface area contributed by atoms with E-state index in [9.17, 15) is 4.39 Å². The SMILES string of the molecule is Cc1ccc(F)cc1CC(CCl)c1ccccc1C. The zero-order valence-corrected chi connectivity index (χ0v) is 12.0. The maximum Gasteiger partial charge on any atom is 0.123 e. The van der Waals surface area contributed by atoms with Gasteiger partial charge in [-0.15, -0.1) is 11.6 Å². The quantitative estimate of drug-likeness (QED) is 0.689. The molecule has 0 saturated heterocycles. The molecule has 0 saturated carbocycles. The summed E-state index contributed by atoms with van der Waals surface area (Å²) in [6.45, 7) is 4.10. The van der Waals surface area contributed by atoms with Gasteiger partial charge in [-0.1, -0.05) is 30.3 Å². The minimum atomic E-state index is -0.182. The average molecular weight is 277 g/mol. The molecule has 0 aliphatic rings. The van der Waals surface area contributed by atoms with E-state index in [1.807, 2.05) is 25.1 Å². The first-order valence-corrected chi connectivity index (χ1v) is 7.01. The van der Waals surface area contributed by atoms with Gasteiger partial charge in [-0.2, -0.15) is 0 Å². The summed E-state index contributed by atoms with van der Waals surface area (Å²) in [7, 11) is 0. The lowest BCUT2D eigenvalue weighted by Gasteiger charge is -2.18. The Kier molecular flexibility index (Phi) is 4.60. The minimum Gasteiger partial charge on any atom is -0.207 e. The van der Waals surface area contributed by atoms with E-state index in [2.05, 4.69) is 19.1 Å². The normalized spacial score (nSPS) is 12.4. The molecule has 1 atom stereocenters. The van der Waals surface area contributed by atoms with Gasteiger partial charge in [-0.3, -0.25) is 0 Å². The third kappa shape index (κ3) is 3.36. The number of hydrogen-bond acceptors (Lipinski definition) is 0. The molecule has 0 N–H and O–H groups in total. The molecule has 0 amide bonds. The van der Waals surface area contributed by atoms with Crippen LogP contribution in [0.15, 0.2) is 42.5 Å². The number of aryl methyl sites for hydroxylation is 2. The Balaban J connectivity index is 2.29. The molecule has 0 nitrogen and oxygen atoms in total. The summed E-state index contributed by atoms with van der Waals surface area (Å²) in [6, 6.07) is 13.2. The van der Waals surface area contributed by atoms with Gasteiger partial charge < -0.3 is 0 Å². The first kappa shape index (κ1) is 14.1. The van der Waals surface area contributed by atoms with Crippen LogP contribution >= 0.6 is 11.6 Å². The second-order valence-electron chi connectivity index (χ2n) is 4.98. The summed E-state index contributed by atoms with van der Waals surface area (Å²) < 4.78 is 13.4. The highest BCUT2D eigenvalue weighted by Crippen LogP contribution is 2.26. The Morgan fingerprint density at radius 1 is 1.05 bits per heavy atom. The van der Waals surface area contributed by atoms with Crippen LogP contribution < -0.4 is 0 Å². The summed E-state index contributed by atoms with van der Waals surface area (Å²) in [5.41, 5.74) is 4.64. The van der Waals surface area contributed by atoms with E-state index >= 15 is 0 Å². The summed E-state index contributed by atoms with van der Waals surface area (Å²) in [5.74, 6) is 0.586. The van der Waals surface area contributed by atoms with E-state index in [0.717, 1.165) is 17.5 Å². The van der Waals surface area contributed by atoms with E-state index in [-0.39, 0.29) is 11.7 Å². The lowest BCUT2D eigenvalue weighted by atomic mass is 9.89. The van der Waals surface area contributed by atoms with Gasteiger partial charge in [-0.05, 0) is 54.7 Å². The lowest BCUT2D eigenvalue weighted by molar-refractivity contribution is 0.622. The smallest absolute Gasteiger partial charge is 0.123 e. The van der Waals surface area contributed by atoms with Crippen LogP contribution in [0.2, 0.25) is 0 Å². The molecule has 2 aromatic carbocycles. The first-order chi connectivity index (χ1) is 9.11. The molecule has 0 heterocycles. The van der Waals surface area contributed by atoms with Crippen molar-refractivity contribution in [2.45, 2.75) is 26.2 Å². The second-order valence-corrected chi connectivity index (χ2v) is 5.29. The zero-order chi connectivity index (χ0) is 13.8. The molecular weight excluding hydrogens is 259 g/mol. The summed E-state index contributed by atoms with van der Waals surface area (Å²) in [4.78, 5) is 0. The third-order valence-corrected chi connectivity index (χ3v) is 3.96. The van der Waals surface area contributed by atoms with Gasteiger partial charge in [0.05, 0.1) is 0 Å². The average Bonchev–Trinajstić information content (AvgIpc) is 2.41. The molecule has 0 aliphatic carbocycles. The monoisotopic (exact) mass is 276 g/mol. The van der Waals surface area contributed by atoms with Crippen LogP contribution in [0, 0.1) is 19.7 Å². The van der Waals surface area contributed by atoms with Gasteiger partial charge in [0.25, 0.3) is 0 Å². The highest BCUT2D eigenvalue weighted by Gasteiger charge is 2.14. The Morgan fingerprint density at radius 2 is 1.79 bits per heavy atom. The Bertz CT molecular complexity index is 563. The van der Waals surface area contributed by atoms with Gasteiger partial charge in [0.15, 0.2) is 0 Å². The van der Waals surface area contributed by atoms with E-state index in [0.29, 0.717) is 5.88 Å². The number of benzene rings is 2. The van der Waals surface area contributed by atoms with Gasteiger partial charge >= 0.3 is 0 Å². The topological polar surface area (TPSA) is 0 Å². The molecule has 19 heavy (non-hydrogen) atoms. The standard InChI is InChI=1S/C17H18ClF/c1-12-7-8-16(19)10-14(12)9-15(11-18)17-6-4-3-5-13(17)2/h3-8,10,15H,9,11H2,1-2H3. The number of rotatable bonds is 4. The van der Waals surface area contributed by atoms with Gasteiger partial charge in [0.2, 0.25) is 0 Å². The fraction of sp³-hybridized carbons (Fsp3) is 0.294. The lowest BCUT2D eigenvalue weighted by Crippen LogP contribution is -2.08. The van der Waals surface area contributed by atoms with Gasteiger partial charge in [-0.25, -0.2) is 4.39 Å². The molecule has 0 fully saturated rings. The molecule has 1 unspecified atom stereocenters. The fourth-order valence-corrected chi connectivity index (χ4v) is 2.69. The molecule has 0 radical (unpaired) electrons. The summed E-state index contributed by atoms with van der Waals surface area (Å²) in [6.07, 6.45) is 0.776. The van der Waals surface area contributed by atoms with Crippen LogP contribution in [-0.2, 0) is 6.42 Å². The van der Waals surface area contributed by atoms with Crippen molar-refractivity contribution >= 4 is 11.6 Å². The molecule has 2 aromatic rings. The zero-order valence-electron chi connectivity index (χ0n) is 11.3. The molecule has 2 rings (SSSR count). The molecule has 0 spiro atoms. The van der Waals surface area contributed by atoms with Crippen molar-refractivity contribution in [1.29, 1.82) is 0 Å². The van der Waals surface area contributed by atoms with Crippen LogP contribution in [0.1, 0.15) is 28.2 Å². The number of hydrogen-bond donors (Lipinski definition) is 0. The Hall–Kier alpha value is -1.34. The predicted molar refractivity (Wildman–Crippen MR) is 79.5 cm³/mol. The van der Waals surface area contributed by atoms with Crippen molar-refractivity contribution in [2.75, 3.05) is 5.88 Å². The fourth-order valence-electron chi connectivity index (χ4n) is 2.42. The molecule has 100 valence electrons. The molecular formula is C17H18ClF. The van der Waals surface area contributed by atoms with Crippen molar-refractivity contribution in [3.63, 3.8) is 0 Å². The van der Waals surface area contributed by atoms with Crippen molar-refractivity contribution in [3.05, 3.63) is 70.5 Å². The van der Waals surface area contributed by atoms with Gasteiger partial charge in [0, 0.05) is 11.8 Å². The maximum atomic E-state index is 13.4. The maximum absolute atomic E-state index is 13.4. The first-order valence-electron chi connectivity index (χ1n) is 6.48. The number of halogens is 2. The highest BCUT2D eigenvalue weighted by atomic mass is 35.5. The number of alkyl halides is 1. The van der Waals surface area contributed by atoms with Crippen LogP contribution in [0.4, 0.5) is 4.39 Å². The summed E-state index contributed by atoms with van der Waals surface area (Å²) in [5, 5.41) is 0. The van der Waals surface area contributed by atoms with Crippen molar-refractivity contribution < 1.29 is 4.39 Å². The van der Waals surface area contributed by atoms with E-state index in [1.54, 1.807) is 6.07 Å².